The first-order chi connectivity index (χ1) is 12.8. The predicted molar refractivity (Wildman–Crippen MR) is 95.0 cm³/mol. The lowest BCUT2D eigenvalue weighted by atomic mass is 9.85. The molecule has 1 fully saturated rings. The first-order valence-corrected chi connectivity index (χ1v) is 8.90. The normalized spacial score (nSPS) is 17.6. The zero-order valence-electron chi connectivity index (χ0n) is 15.2. The number of nitrogens with one attached hydrogen (secondary N) is 1. The molecule has 0 atom stereocenters. The van der Waals surface area contributed by atoms with Crippen molar-refractivity contribution in [2.75, 3.05) is 19.6 Å². The highest BCUT2D eigenvalue weighted by Gasteiger charge is 2.44. The molecule has 1 amide bonds. The molecule has 146 valence electrons. The zero-order chi connectivity index (χ0) is 19.5. The lowest BCUT2D eigenvalue weighted by Crippen LogP contribution is -2.55. The number of carbonyl (C=O) groups excluding carboxylic acids is 1. The van der Waals surface area contributed by atoms with Crippen molar-refractivity contribution >= 4 is 5.91 Å². The summed E-state index contributed by atoms with van der Waals surface area (Å²) in [6.45, 7) is 2.70. The number of rotatable bonds is 5. The van der Waals surface area contributed by atoms with E-state index < -0.39 is 24.2 Å². The summed E-state index contributed by atoms with van der Waals surface area (Å²) in [7, 11) is 0. The first-order valence-electron chi connectivity index (χ1n) is 8.90. The Balaban J connectivity index is 1.70. The molecular formula is C19H23F3N4O. The van der Waals surface area contributed by atoms with Crippen molar-refractivity contribution in [3.8, 4) is 0 Å². The van der Waals surface area contributed by atoms with Gasteiger partial charge in [-0.25, -0.2) is 4.98 Å². The third-order valence-corrected chi connectivity index (χ3v) is 5.04. The van der Waals surface area contributed by atoms with Crippen LogP contribution >= 0.6 is 0 Å². The average molecular weight is 380 g/mol. The second kappa shape index (κ2) is 7.72. The highest BCUT2D eigenvalue weighted by molar-refractivity contribution is 5.84. The van der Waals surface area contributed by atoms with Crippen LogP contribution < -0.4 is 5.32 Å². The van der Waals surface area contributed by atoms with E-state index in [1.54, 1.807) is 10.8 Å². The average Bonchev–Trinajstić information content (AvgIpc) is 3.15. The van der Waals surface area contributed by atoms with Crippen LogP contribution in [0.25, 0.3) is 0 Å². The Labute approximate surface area is 156 Å². The highest BCUT2D eigenvalue weighted by Crippen LogP contribution is 2.31. The number of aromatic nitrogens is 2. The minimum Gasteiger partial charge on any atom is -0.345 e. The van der Waals surface area contributed by atoms with Crippen LogP contribution in [0.15, 0.2) is 43.0 Å². The number of aryl methyl sites for hydroxylation is 1. The molecule has 3 rings (SSSR count). The number of piperidine rings is 1. The van der Waals surface area contributed by atoms with Gasteiger partial charge < -0.3 is 9.88 Å². The summed E-state index contributed by atoms with van der Waals surface area (Å²) in [5.74, 6) is -0.604. The van der Waals surface area contributed by atoms with Crippen molar-refractivity contribution in [3.05, 3.63) is 54.1 Å². The Bertz CT molecular complexity index is 766. The fourth-order valence-corrected chi connectivity index (χ4v) is 3.61. The van der Waals surface area contributed by atoms with Crippen molar-refractivity contribution in [3.63, 3.8) is 0 Å². The van der Waals surface area contributed by atoms with E-state index in [9.17, 15) is 18.0 Å². The molecule has 8 heteroatoms. The van der Waals surface area contributed by atoms with E-state index in [1.165, 1.54) is 23.7 Å². The van der Waals surface area contributed by atoms with Gasteiger partial charge >= 0.3 is 6.18 Å². The van der Waals surface area contributed by atoms with Gasteiger partial charge in [0.1, 0.15) is 12.1 Å². The molecule has 0 aliphatic carbocycles. The van der Waals surface area contributed by atoms with Gasteiger partial charge in [-0.05, 0) is 25.3 Å². The molecule has 1 aliphatic heterocycles. The summed E-state index contributed by atoms with van der Waals surface area (Å²) in [6.07, 6.45) is 1.11. The van der Waals surface area contributed by atoms with Crippen LogP contribution in [0.1, 0.15) is 24.0 Å². The minimum absolute atomic E-state index is 0.429. The Morgan fingerprint density at radius 2 is 2.04 bits per heavy atom. The van der Waals surface area contributed by atoms with Crippen LogP contribution in [0, 0.1) is 6.92 Å². The van der Waals surface area contributed by atoms with Crippen molar-refractivity contribution in [1.29, 1.82) is 0 Å². The molecule has 1 aromatic heterocycles. The number of likely N-dealkylation sites (tertiary alicyclic amines) is 1. The van der Waals surface area contributed by atoms with Gasteiger partial charge in [0.05, 0.1) is 6.33 Å². The Hall–Kier alpha value is -2.35. The van der Waals surface area contributed by atoms with Gasteiger partial charge in [-0.1, -0.05) is 29.8 Å². The summed E-state index contributed by atoms with van der Waals surface area (Å²) in [5.41, 5.74) is 1.33. The maximum absolute atomic E-state index is 12.7. The smallest absolute Gasteiger partial charge is 0.345 e. The quantitative estimate of drug-likeness (QED) is 0.868. The van der Waals surface area contributed by atoms with Crippen LogP contribution in [0.2, 0.25) is 0 Å². The number of hydrogen-bond donors (Lipinski definition) is 1. The number of alkyl halides is 3. The summed E-state index contributed by atoms with van der Waals surface area (Å²) in [5, 5.41) is 2.06. The van der Waals surface area contributed by atoms with E-state index in [1.807, 2.05) is 19.1 Å². The third kappa shape index (κ3) is 4.68. The van der Waals surface area contributed by atoms with Crippen molar-refractivity contribution in [1.82, 2.24) is 19.8 Å². The van der Waals surface area contributed by atoms with Crippen LogP contribution in [0.5, 0.6) is 0 Å². The molecule has 0 radical (unpaired) electrons. The summed E-state index contributed by atoms with van der Waals surface area (Å²) in [6, 6.07) is 8.22. The summed E-state index contributed by atoms with van der Waals surface area (Å²) < 4.78 is 39.3. The summed E-state index contributed by atoms with van der Waals surface area (Å²) in [4.78, 5) is 18.9. The maximum atomic E-state index is 12.7. The number of benzene rings is 1. The van der Waals surface area contributed by atoms with Crippen LogP contribution in [0.4, 0.5) is 13.2 Å². The van der Waals surface area contributed by atoms with Gasteiger partial charge in [0.2, 0.25) is 5.91 Å². The Morgan fingerprint density at radius 1 is 1.30 bits per heavy atom. The number of nitrogens with zero attached hydrogens (tertiary/aromatic N) is 3. The fourth-order valence-electron chi connectivity index (χ4n) is 3.61. The first kappa shape index (κ1) is 19.4. The van der Waals surface area contributed by atoms with Gasteiger partial charge in [0.15, 0.2) is 0 Å². The van der Waals surface area contributed by atoms with Crippen LogP contribution in [0.3, 0.4) is 0 Å². The molecule has 0 saturated carbocycles. The van der Waals surface area contributed by atoms with Crippen molar-refractivity contribution in [2.45, 2.75) is 38.0 Å². The zero-order valence-corrected chi connectivity index (χ0v) is 15.2. The minimum atomic E-state index is -4.43. The number of hydrogen-bond acceptors (Lipinski definition) is 3. The van der Waals surface area contributed by atoms with Gasteiger partial charge in [-0.2, -0.15) is 13.2 Å². The van der Waals surface area contributed by atoms with E-state index in [4.69, 9.17) is 0 Å². The summed E-state index contributed by atoms with van der Waals surface area (Å²) >= 11 is 0. The molecule has 2 aromatic rings. The topological polar surface area (TPSA) is 50.2 Å². The molecule has 1 saturated heterocycles. The number of amides is 1. The molecule has 0 unspecified atom stereocenters. The predicted octanol–water partition coefficient (Wildman–Crippen LogP) is 2.86. The molecule has 27 heavy (non-hydrogen) atoms. The number of imidazole rings is 1. The lowest BCUT2D eigenvalue weighted by Gasteiger charge is -2.41. The van der Waals surface area contributed by atoms with Gasteiger partial charge in [0, 0.05) is 32.0 Å². The van der Waals surface area contributed by atoms with Gasteiger partial charge in [0.25, 0.3) is 0 Å². The molecule has 1 N–H and O–H groups in total. The monoisotopic (exact) mass is 380 g/mol. The van der Waals surface area contributed by atoms with Crippen LogP contribution in [-0.2, 0) is 16.9 Å². The van der Waals surface area contributed by atoms with Crippen molar-refractivity contribution in [2.24, 2.45) is 0 Å². The highest BCUT2D eigenvalue weighted by atomic mass is 19.4. The molecule has 5 nitrogen and oxygen atoms in total. The van der Waals surface area contributed by atoms with Gasteiger partial charge in [-0.15, -0.1) is 0 Å². The fraction of sp³-hybridized carbons (Fsp3) is 0.474. The van der Waals surface area contributed by atoms with Crippen LogP contribution in [-0.4, -0.2) is 46.2 Å². The second-order valence-corrected chi connectivity index (χ2v) is 7.06. The molecule has 0 spiro atoms. The SMILES string of the molecule is Cc1cccc(CN2CCC(C(=O)NCC(F)(F)F)(n3ccnc3)CC2)c1. The molecule has 1 aliphatic rings. The van der Waals surface area contributed by atoms with E-state index in [-0.39, 0.29) is 0 Å². The lowest BCUT2D eigenvalue weighted by molar-refractivity contribution is -0.145. The number of carbonyl (C=O) groups is 1. The molecular weight excluding hydrogens is 357 g/mol. The van der Waals surface area contributed by atoms with E-state index in [0.717, 1.165) is 6.54 Å². The molecule has 2 heterocycles. The Morgan fingerprint density at radius 3 is 2.63 bits per heavy atom. The molecule has 1 aromatic carbocycles. The standard InChI is InChI=1S/C19H23F3N4O/c1-15-3-2-4-16(11-15)12-25-8-5-18(6-9-25,26-10-7-23-14-26)17(27)24-13-19(20,21)22/h2-4,7,10-11,14H,5-6,8-9,12-13H2,1H3,(H,24,27). The van der Waals surface area contributed by atoms with Gasteiger partial charge in [-0.3, -0.25) is 9.69 Å². The Kier molecular flexibility index (Phi) is 5.55. The van der Waals surface area contributed by atoms with E-state index in [2.05, 4.69) is 27.3 Å². The maximum Gasteiger partial charge on any atom is 0.405 e. The number of halogens is 3. The molecule has 0 bridgehead atoms. The second-order valence-electron chi connectivity index (χ2n) is 7.06. The van der Waals surface area contributed by atoms with Crippen molar-refractivity contribution < 1.29 is 18.0 Å². The third-order valence-electron chi connectivity index (χ3n) is 5.04. The van der Waals surface area contributed by atoms with E-state index in [0.29, 0.717) is 25.9 Å². The van der Waals surface area contributed by atoms with E-state index >= 15 is 0 Å². The largest absolute Gasteiger partial charge is 0.405 e.